The van der Waals surface area contributed by atoms with Gasteiger partial charge in [-0.25, -0.2) is 13.2 Å². The number of nitrogens with one attached hydrogen (secondary N) is 1. The fourth-order valence-electron chi connectivity index (χ4n) is 4.14. The third-order valence-electron chi connectivity index (χ3n) is 5.90. The van der Waals surface area contributed by atoms with Crippen LogP contribution < -0.4 is 5.32 Å². The summed E-state index contributed by atoms with van der Waals surface area (Å²) in [5.74, 6) is -1.03. The molecular weight excluding hydrogens is 444 g/mol. The second kappa shape index (κ2) is 11.3. The van der Waals surface area contributed by atoms with Crippen molar-refractivity contribution in [2.45, 2.75) is 76.1 Å². The third-order valence-corrected chi connectivity index (χ3v) is 7.74. The number of carbonyl (C=O) groups is 2. The summed E-state index contributed by atoms with van der Waals surface area (Å²) in [6, 6.07) is 5.59. The number of benzene rings is 1. The monoisotopic (exact) mass is 478 g/mol. The largest absolute Gasteiger partial charge is 0.449 e. The number of ether oxygens (including phenoxy) is 2. The predicted octanol–water partition coefficient (Wildman–Crippen LogP) is 3.04. The van der Waals surface area contributed by atoms with Crippen molar-refractivity contribution in [3.63, 3.8) is 0 Å². The molecule has 1 aromatic rings. The van der Waals surface area contributed by atoms with Gasteiger partial charge in [0.05, 0.1) is 22.7 Å². The Bertz CT molecular complexity index is 963. The number of allylic oxidation sites excluding steroid dienone is 1. The van der Waals surface area contributed by atoms with Crippen LogP contribution in [0.2, 0.25) is 0 Å². The molecule has 1 N–H and O–H groups in total. The van der Waals surface area contributed by atoms with Crippen molar-refractivity contribution in [1.82, 2.24) is 9.62 Å². The summed E-state index contributed by atoms with van der Waals surface area (Å²) in [4.78, 5) is 24.8. The van der Waals surface area contributed by atoms with Crippen LogP contribution in [0.25, 0.3) is 0 Å². The summed E-state index contributed by atoms with van der Waals surface area (Å²) in [6.45, 7) is 6.26. The zero-order valence-electron chi connectivity index (χ0n) is 19.6. The van der Waals surface area contributed by atoms with Crippen molar-refractivity contribution in [1.29, 1.82) is 0 Å². The van der Waals surface area contributed by atoms with Crippen LogP contribution in [0.4, 0.5) is 0 Å². The molecule has 33 heavy (non-hydrogen) atoms. The molecule has 1 aliphatic heterocycles. The second-order valence-electron chi connectivity index (χ2n) is 8.80. The van der Waals surface area contributed by atoms with Crippen molar-refractivity contribution in [2.24, 2.45) is 0 Å². The van der Waals surface area contributed by atoms with Gasteiger partial charge in [0.25, 0.3) is 5.91 Å². The second-order valence-corrected chi connectivity index (χ2v) is 10.7. The van der Waals surface area contributed by atoms with E-state index in [2.05, 4.69) is 11.4 Å². The maximum atomic E-state index is 12.9. The van der Waals surface area contributed by atoms with Gasteiger partial charge in [0.15, 0.2) is 6.10 Å². The van der Waals surface area contributed by atoms with E-state index in [-0.39, 0.29) is 41.7 Å². The first-order valence-corrected chi connectivity index (χ1v) is 13.0. The van der Waals surface area contributed by atoms with E-state index >= 15 is 0 Å². The standard InChI is InChI=1S/C24H34N2O6S/c1-17-15-26(16-18(2)31-17)33(29,30)22-11-9-21(10-12-22)24(28)32-19(3)23(27)25-14-13-20-7-5-4-6-8-20/h7,9-12,17-19H,4-6,8,13-16H2,1-3H3,(H,25,27). The van der Waals surface area contributed by atoms with Gasteiger partial charge in [-0.1, -0.05) is 11.6 Å². The van der Waals surface area contributed by atoms with Gasteiger partial charge in [-0.3, -0.25) is 4.79 Å². The molecule has 1 aromatic carbocycles. The van der Waals surface area contributed by atoms with Crippen LogP contribution in [0.3, 0.4) is 0 Å². The maximum absolute atomic E-state index is 12.9. The fourth-order valence-corrected chi connectivity index (χ4v) is 5.73. The Morgan fingerprint density at radius 2 is 1.82 bits per heavy atom. The minimum Gasteiger partial charge on any atom is -0.449 e. The first-order valence-electron chi connectivity index (χ1n) is 11.6. The maximum Gasteiger partial charge on any atom is 0.338 e. The number of amides is 1. The number of carbonyl (C=O) groups excluding carboxylic acids is 2. The van der Waals surface area contributed by atoms with Gasteiger partial charge in [0.2, 0.25) is 10.0 Å². The molecule has 3 unspecified atom stereocenters. The Morgan fingerprint density at radius 3 is 2.42 bits per heavy atom. The Labute approximate surface area is 196 Å². The van der Waals surface area contributed by atoms with Crippen LogP contribution in [-0.4, -0.2) is 62.5 Å². The van der Waals surface area contributed by atoms with Gasteiger partial charge in [-0.15, -0.1) is 0 Å². The SMILES string of the molecule is CC1CN(S(=O)(=O)c2ccc(C(=O)OC(C)C(=O)NCCC3=CCCCC3)cc2)CC(C)O1. The van der Waals surface area contributed by atoms with Gasteiger partial charge in [0.1, 0.15) is 0 Å². The Balaban J connectivity index is 1.52. The average Bonchev–Trinajstić information content (AvgIpc) is 2.79. The van der Waals surface area contributed by atoms with Crippen molar-refractivity contribution in [2.75, 3.05) is 19.6 Å². The minimum absolute atomic E-state index is 0.100. The zero-order chi connectivity index (χ0) is 24.0. The fraction of sp³-hybridized carbons (Fsp3) is 0.583. The van der Waals surface area contributed by atoms with Crippen LogP contribution in [-0.2, 0) is 24.3 Å². The third kappa shape index (κ3) is 6.88. The normalized spacial score (nSPS) is 22.8. The van der Waals surface area contributed by atoms with Gasteiger partial charge >= 0.3 is 5.97 Å². The van der Waals surface area contributed by atoms with Gasteiger partial charge < -0.3 is 14.8 Å². The van der Waals surface area contributed by atoms with Crippen molar-refractivity contribution < 1.29 is 27.5 Å². The molecule has 0 aromatic heterocycles. The van der Waals surface area contributed by atoms with E-state index in [1.807, 2.05) is 13.8 Å². The highest BCUT2D eigenvalue weighted by atomic mass is 32.2. The van der Waals surface area contributed by atoms with Crippen molar-refractivity contribution in [3.05, 3.63) is 41.5 Å². The molecule has 1 fully saturated rings. The van der Waals surface area contributed by atoms with Crippen LogP contribution in [0.15, 0.2) is 40.8 Å². The molecular formula is C24H34N2O6S. The molecule has 1 amide bonds. The summed E-state index contributed by atoms with van der Waals surface area (Å²) < 4.78 is 38.2. The molecule has 3 rings (SSSR count). The van der Waals surface area contributed by atoms with E-state index < -0.39 is 22.1 Å². The lowest BCUT2D eigenvalue weighted by Crippen LogP contribution is -2.48. The zero-order valence-corrected chi connectivity index (χ0v) is 20.4. The quantitative estimate of drug-likeness (QED) is 0.455. The van der Waals surface area contributed by atoms with Gasteiger partial charge in [0, 0.05) is 19.6 Å². The number of morpholine rings is 1. The van der Waals surface area contributed by atoms with Crippen molar-refractivity contribution in [3.8, 4) is 0 Å². The number of rotatable bonds is 8. The van der Waals surface area contributed by atoms with Crippen LogP contribution in [0.1, 0.15) is 63.2 Å². The van der Waals surface area contributed by atoms with Crippen LogP contribution in [0.5, 0.6) is 0 Å². The lowest BCUT2D eigenvalue weighted by atomic mass is 9.97. The molecule has 2 aliphatic rings. The lowest BCUT2D eigenvalue weighted by molar-refractivity contribution is -0.129. The molecule has 1 saturated heterocycles. The highest BCUT2D eigenvalue weighted by molar-refractivity contribution is 7.89. The Kier molecular flexibility index (Phi) is 8.67. The van der Waals surface area contributed by atoms with E-state index in [4.69, 9.17) is 9.47 Å². The molecule has 8 nitrogen and oxygen atoms in total. The number of hydrogen-bond acceptors (Lipinski definition) is 6. The summed E-state index contributed by atoms with van der Waals surface area (Å²) in [5, 5.41) is 2.81. The molecule has 0 radical (unpaired) electrons. The molecule has 0 bridgehead atoms. The lowest BCUT2D eigenvalue weighted by Gasteiger charge is -2.34. The highest BCUT2D eigenvalue weighted by Gasteiger charge is 2.32. The van der Waals surface area contributed by atoms with Gasteiger partial charge in [-0.05, 0) is 77.1 Å². The average molecular weight is 479 g/mol. The number of sulfonamides is 1. The van der Waals surface area contributed by atoms with E-state index in [9.17, 15) is 18.0 Å². The van der Waals surface area contributed by atoms with Crippen LogP contribution in [0, 0.1) is 0 Å². The minimum atomic E-state index is -3.69. The highest BCUT2D eigenvalue weighted by Crippen LogP contribution is 2.22. The Hall–Kier alpha value is -2.23. The topological polar surface area (TPSA) is 102 Å². The molecule has 0 saturated carbocycles. The smallest absolute Gasteiger partial charge is 0.338 e. The number of esters is 1. The van der Waals surface area contributed by atoms with Crippen LogP contribution >= 0.6 is 0 Å². The van der Waals surface area contributed by atoms with E-state index in [1.54, 1.807) is 0 Å². The van der Waals surface area contributed by atoms with E-state index in [1.165, 1.54) is 53.9 Å². The molecule has 3 atom stereocenters. The number of nitrogens with zero attached hydrogens (tertiary/aromatic N) is 1. The predicted molar refractivity (Wildman–Crippen MR) is 124 cm³/mol. The van der Waals surface area contributed by atoms with E-state index in [0.717, 1.165) is 19.3 Å². The molecule has 9 heteroatoms. The molecule has 1 heterocycles. The molecule has 0 spiro atoms. The van der Waals surface area contributed by atoms with Crippen molar-refractivity contribution >= 4 is 21.9 Å². The number of hydrogen-bond donors (Lipinski definition) is 1. The molecule has 182 valence electrons. The summed E-state index contributed by atoms with van der Waals surface area (Å²) >= 11 is 0. The van der Waals surface area contributed by atoms with E-state index in [0.29, 0.717) is 6.54 Å². The summed E-state index contributed by atoms with van der Waals surface area (Å²) in [6.07, 6.45) is 6.32. The Morgan fingerprint density at radius 1 is 1.15 bits per heavy atom. The summed E-state index contributed by atoms with van der Waals surface area (Å²) in [5.41, 5.74) is 1.55. The molecule has 1 aliphatic carbocycles. The first-order chi connectivity index (χ1) is 15.7. The van der Waals surface area contributed by atoms with Gasteiger partial charge in [-0.2, -0.15) is 4.31 Å². The summed E-state index contributed by atoms with van der Waals surface area (Å²) in [7, 11) is -3.69. The first kappa shape index (κ1) is 25.4.